The molecule has 1 N–H and O–H groups in total. The number of rotatable bonds is 7. The molecular formula is C16H25NO2. The van der Waals surface area contributed by atoms with Crippen molar-refractivity contribution in [3.05, 3.63) is 35.9 Å². The first kappa shape index (κ1) is 15.7. The number of ether oxygens (including phenoxy) is 1. The zero-order chi connectivity index (χ0) is 14.1. The van der Waals surface area contributed by atoms with Crippen molar-refractivity contribution in [1.82, 2.24) is 5.32 Å². The van der Waals surface area contributed by atoms with Gasteiger partial charge in [0.15, 0.2) is 0 Å². The van der Waals surface area contributed by atoms with Crippen molar-refractivity contribution in [1.29, 1.82) is 0 Å². The van der Waals surface area contributed by atoms with Gasteiger partial charge in [-0.2, -0.15) is 0 Å². The van der Waals surface area contributed by atoms with Gasteiger partial charge in [0.05, 0.1) is 13.2 Å². The first-order valence-electron chi connectivity index (χ1n) is 6.86. The summed E-state index contributed by atoms with van der Waals surface area (Å²) in [6, 6.07) is 10.2. The number of nitrogens with one attached hydrogen (secondary N) is 1. The van der Waals surface area contributed by atoms with Crippen molar-refractivity contribution >= 4 is 5.91 Å². The maximum Gasteiger partial charge on any atom is 0.222 e. The first-order valence-corrected chi connectivity index (χ1v) is 6.86. The van der Waals surface area contributed by atoms with Crippen LogP contribution in [0.25, 0.3) is 0 Å². The Balaban J connectivity index is 2.03. The molecule has 0 aromatic heterocycles. The van der Waals surface area contributed by atoms with Gasteiger partial charge in [-0.3, -0.25) is 4.79 Å². The molecule has 3 nitrogen and oxygen atoms in total. The average molecular weight is 263 g/mol. The zero-order valence-corrected chi connectivity index (χ0v) is 12.2. The lowest BCUT2D eigenvalue weighted by Crippen LogP contribution is -2.32. The molecule has 0 saturated heterocycles. The Morgan fingerprint density at radius 1 is 1.16 bits per heavy atom. The van der Waals surface area contributed by atoms with Crippen LogP contribution in [-0.2, 0) is 16.0 Å². The van der Waals surface area contributed by atoms with E-state index < -0.39 is 0 Å². The van der Waals surface area contributed by atoms with Gasteiger partial charge in [0.25, 0.3) is 0 Å². The molecule has 1 aromatic rings. The van der Waals surface area contributed by atoms with Gasteiger partial charge in [-0.05, 0) is 17.4 Å². The highest BCUT2D eigenvalue weighted by Gasteiger charge is 2.11. The monoisotopic (exact) mass is 263 g/mol. The van der Waals surface area contributed by atoms with Gasteiger partial charge in [-0.15, -0.1) is 0 Å². The molecule has 0 heterocycles. The molecule has 0 atom stereocenters. The molecule has 0 spiro atoms. The number of amides is 1. The summed E-state index contributed by atoms with van der Waals surface area (Å²) in [6.45, 7) is 8.16. The highest BCUT2D eigenvalue weighted by Crippen LogP contribution is 2.10. The molecule has 0 saturated carbocycles. The predicted molar refractivity (Wildman–Crippen MR) is 78.0 cm³/mol. The second-order valence-corrected chi connectivity index (χ2v) is 5.94. The lowest BCUT2D eigenvalue weighted by Gasteiger charge is -2.18. The van der Waals surface area contributed by atoms with Gasteiger partial charge in [0.1, 0.15) is 0 Å². The van der Waals surface area contributed by atoms with Gasteiger partial charge in [-0.25, -0.2) is 0 Å². The fraction of sp³-hybridized carbons (Fsp3) is 0.562. The van der Waals surface area contributed by atoms with E-state index >= 15 is 0 Å². The molecule has 0 bridgehead atoms. The van der Waals surface area contributed by atoms with Crippen LogP contribution in [0.5, 0.6) is 0 Å². The summed E-state index contributed by atoms with van der Waals surface area (Å²) < 4.78 is 5.48. The van der Waals surface area contributed by atoms with Gasteiger partial charge < -0.3 is 10.1 Å². The van der Waals surface area contributed by atoms with Crippen molar-refractivity contribution in [3.63, 3.8) is 0 Å². The number of benzene rings is 1. The van der Waals surface area contributed by atoms with E-state index in [9.17, 15) is 4.79 Å². The minimum absolute atomic E-state index is 0.0645. The molecule has 106 valence electrons. The van der Waals surface area contributed by atoms with Gasteiger partial charge in [0, 0.05) is 13.0 Å². The summed E-state index contributed by atoms with van der Waals surface area (Å²) in [5, 5.41) is 2.91. The standard InChI is InChI=1S/C16H25NO2/c1-16(2,3)13-17-15(18)10-12-19-11-9-14-7-5-4-6-8-14/h4-8H,9-13H2,1-3H3,(H,17,18). The van der Waals surface area contributed by atoms with E-state index in [0.717, 1.165) is 6.42 Å². The van der Waals surface area contributed by atoms with Crippen LogP contribution in [0.3, 0.4) is 0 Å². The number of hydrogen-bond donors (Lipinski definition) is 1. The SMILES string of the molecule is CC(C)(C)CNC(=O)CCOCCc1ccccc1. The first-order chi connectivity index (χ1) is 8.97. The minimum atomic E-state index is 0.0645. The second kappa shape index (κ2) is 7.95. The normalized spacial score (nSPS) is 11.3. The number of carbonyl (C=O) groups excluding carboxylic acids is 1. The maximum atomic E-state index is 11.5. The predicted octanol–water partition coefficient (Wildman–Crippen LogP) is 2.80. The van der Waals surface area contributed by atoms with Crippen LogP contribution in [0.1, 0.15) is 32.8 Å². The van der Waals surface area contributed by atoms with Crippen molar-refractivity contribution in [2.24, 2.45) is 5.41 Å². The molecule has 1 amide bonds. The van der Waals surface area contributed by atoms with Crippen LogP contribution >= 0.6 is 0 Å². The fourth-order valence-electron chi connectivity index (χ4n) is 1.55. The highest BCUT2D eigenvalue weighted by molar-refractivity contribution is 5.75. The summed E-state index contributed by atoms with van der Waals surface area (Å²) in [4.78, 5) is 11.5. The quantitative estimate of drug-likeness (QED) is 0.768. The summed E-state index contributed by atoms with van der Waals surface area (Å²) in [6.07, 6.45) is 1.33. The molecule has 19 heavy (non-hydrogen) atoms. The van der Waals surface area contributed by atoms with E-state index in [1.54, 1.807) is 0 Å². The molecule has 0 aliphatic carbocycles. The third-order valence-electron chi connectivity index (χ3n) is 2.67. The third-order valence-corrected chi connectivity index (χ3v) is 2.67. The van der Waals surface area contributed by atoms with Crippen LogP contribution in [0.15, 0.2) is 30.3 Å². The van der Waals surface area contributed by atoms with E-state index in [1.807, 2.05) is 18.2 Å². The van der Waals surface area contributed by atoms with Crippen LogP contribution in [0, 0.1) is 5.41 Å². The largest absolute Gasteiger partial charge is 0.381 e. The Morgan fingerprint density at radius 3 is 2.47 bits per heavy atom. The summed E-state index contributed by atoms with van der Waals surface area (Å²) in [5.41, 5.74) is 1.39. The molecule has 3 heteroatoms. The Bertz CT molecular complexity index is 368. The molecule has 0 unspecified atom stereocenters. The molecule has 1 rings (SSSR count). The van der Waals surface area contributed by atoms with E-state index in [1.165, 1.54) is 5.56 Å². The van der Waals surface area contributed by atoms with Gasteiger partial charge in [0.2, 0.25) is 5.91 Å². The van der Waals surface area contributed by atoms with Gasteiger partial charge in [-0.1, -0.05) is 51.1 Å². The van der Waals surface area contributed by atoms with Crippen molar-refractivity contribution in [2.45, 2.75) is 33.6 Å². The van der Waals surface area contributed by atoms with E-state index in [-0.39, 0.29) is 11.3 Å². The molecule has 0 aliphatic heterocycles. The maximum absolute atomic E-state index is 11.5. The van der Waals surface area contributed by atoms with Crippen LogP contribution in [0.2, 0.25) is 0 Å². The Labute approximate surface area is 116 Å². The molecule has 0 aliphatic rings. The Hall–Kier alpha value is -1.35. The summed E-state index contributed by atoms with van der Waals surface area (Å²) in [5.74, 6) is 0.0645. The molecule has 1 aromatic carbocycles. The van der Waals surface area contributed by atoms with Crippen LogP contribution < -0.4 is 5.32 Å². The summed E-state index contributed by atoms with van der Waals surface area (Å²) >= 11 is 0. The smallest absolute Gasteiger partial charge is 0.222 e. The van der Waals surface area contributed by atoms with E-state index in [2.05, 4.69) is 38.2 Å². The van der Waals surface area contributed by atoms with Crippen molar-refractivity contribution in [2.75, 3.05) is 19.8 Å². The Kier molecular flexibility index (Phi) is 6.57. The second-order valence-electron chi connectivity index (χ2n) is 5.94. The molecule has 0 fully saturated rings. The number of hydrogen-bond acceptors (Lipinski definition) is 2. The van der Waals surface area contributed by atoms with Gasteiger partial charge >= 0.3 is 0 Å². The van der Waals surface area contributed by atoms with E-state index in [4.69, 9.17) is 4.74 Å². The summed E-state index contributed by atoms with van der Waals surface area (Å²) in [7, 11) is 0. The molecular weight excluding hydrogens is 238 g/mol. The lowest BCUT2D eigenvalue weighted by molar-refractivity contribution is -0.122. The minimum Gasteiger partial charge on any atom is -0.381 e. The third kappa shape index (κ3) is 8.38. The van der Waals surface area contributed by atoms with Crippen molar-refractivity contribution in [3.8, 4) is 0 Å². The zero-order valence-electron chi connectivity index (χ0n) is 12.2. The highest BCUT2D eigenvalue weighted by atomic mass is 16.5. The van der Waals surface area contributed by atoms with Crippen LogP contribution in [0.4, 0.5) is 0 Å². The van der Waals surface area contributed by atoms with Crippen LogP contribution in [-0.4, -0.2) is 25.7 Å². The van der Waals surface area contributed by atoms with Crippen molar-refractivity contribution < 1.29 is 9.53 Å². The number of carbonyl (C=O) groups is 1. The molecule has 0 radical (unpaired) electrons. The van der Waals surface area contributed by atoms with E-state index in [0.29, 0.717) is 26.2 Å². The fourth-order valence-corrected chi connectivity index (χ4v) is 1.55. The lowest BCUT2D eigenvalue weighted by atomic mass is 9.97. The average Bonchev–Trinajstić information content (AvgIpc) is 2.36. The topological polar surface area (TPSA) is 38.3 Å². The Morgan fingerprint density at radius 2 is 1.84 bits per heavy atom.